The van der Waals surface area contributed by atoms with Crippen LogP contribution >= 0.6 is 0 Å². The summed E-state index contributed by atoms with van der Waals surface area (Å²) in [7, 11) is 1.43. The maximum absolute atomic E-state index is 14.1. The molecule has 1 fully saturated rings. The van der Waals surface area contributed by atoms with Gasteiger partial charge < -0.3 is 9.84 Å². The van der Waals surface area contributed by atoms with Crippen LogP contribution in [0.3, 0.4) is 0 Å². The minimum absolute atomic E-state index is 0.191. The summed E-state index contributed by atoms with van der Waals surface area (Å²) in [5.41, 5.74) is -0.771. The first kappa shape index (κ1) is 12.4. The number of hydrogen-bond donors (Lipinski definition) is 1. The van der Waals surface area contributed by atoms with Crippen molar-refractivity contribution in [2.45, 2.75) is 38.2 Å². The van der Waals surface area contributed by atoms with Gasteiger partial charge in [-0.2, -0.15) is 0 Å². The van der Waals surface area contributed by atoms with E-state index in [9.17, 15) is 9.50 Å². The van der Waals surface area contributed by atoms with E-state index in [1.807, 2.05) is 0 Å². The Hall–Kier alpha value is -1.09. The molecule has 0 amide bonds. The van der Waals surface area contributed by atoms with Gasteiger partial charge in [0, 0.05) is 5.56 Å². The first-order valence-electron chi connectivity index (χ1n) is 6.10. The minimum atomic E-state index is -1.11. The normalized spacial score (nSPS) is 19.5. The van der Waals surface area contributed by atoms with Gasteiger partial charge in [-0.3, -0.25) is 0 Å². The second-order valence-corrected chi connectivity index (χ2v) is 5.10. The fourth-order valence-corrected chi connectivity index (χ4v) is 2.45. The maximum Gasteiger partial charge on any atom is 0.171 e. The number of methoxy groups -OCH3 is 1. The lowest BCUT2D eigenvalue weighted by atomic mass is 9.75. The van der Waals surface area contributed by atoms with Crippen molar-refractivity contribution < 1.29 is 14.2 Å². The molecule has 0 bridgehead atoms. The van der Waals surface area contributed by atoms with Crippen molar-refractivity contribution in [1.29, 1.82) is 0 Å². The molecule has 0 aromatic heterocycles. The lowest BCUT2D eigenvalue weighted by molar-refractivity contribution is 0.0127. The highest BCUT2D eigenvalue weighted by Crippen LogP contribution is 2.39. The van der Waals surface area contributed by atoms with Gasteiger partial charge in [-0.15, -0.1) is 0 Å². The van der Waals surface area contributed by atoms with E-state index < -0.39 is 11.4 Å². The lowest BCUT2D eigenvalue weighted by Gasteiger charge is -2.34. The number of rotatable bonds is 4. The SMILES string of the molecule is COc1cccc(C(C)(O)CC2CCC2)c1F. The molecule has 2 nitrogen and oxygen atoms in total. The molecule has 1 unspecified atom stereocenters. The number of hydrogen-bond acceptors (Lipinski definition) is 2. The quantitative estimate of drug-likeness (QED) is 0.872. The standard InChI is InChI=1S/C14H19FO2/c1-14(16,9-10-5-3-6-10)11-7-4-8-12(17-2)13(11)15/h4,7-8,10,16H,3,5-6,9H2,1-2H3. The Labute approximate surface area is 101 Å². The largest absolute Gasteiger partial charge is 0.494 e. The Morgan fingerprint density at radius 3 is 2.71 bits per heavy atom. The summed E-state index contributed by atoms with van der Waals surface area (Å²) in [6.07, 6.45) is 4.13. The van der Waals surface area contributed by atoms with Gasteiger partial charge in [0.2, 0.25) is 0 Å². The van der Waals surface area contributed by atoms with E-state index in [1.165, 1.54) is 13.5 Å². The topological polar surface area (TPSA) is 29.5 Å². The number of benzene rings is 1. The lowest BCUT2D eigenvalue weighted by Crippen LogP contribution is -2.29. The monoisotopic (exact) mass is 238 g/mol. The highest BCUT2D eigenvalue weighted by Gasteiger charge is 2.33. The minimum Gasteiger partial charge on any atom is -0.494 e. The van der Waals surface area contributed by atoms with Crippen LogP contribution in [-0.2, 0) is 5.60 Å². The smallest absolute Gasteiger partial charge is 0.171 e. The van der Waals surface area contributed by atoms with Crippen LogP contribution in [0, 0.1) is 11.7 Å². The average molecular weight is 238 g/mol. The molecule has 2 rings (SSSR count). The molecular formula is C14H19FO2. The van der Waals surface area contributed by atoms with Crippen LogP contribution in [-0.4, -0.2) is 12.2 Å². The van der Waals surface area contributed by atoms with Crippen LogP contribution in [0.15, 0.2) is 18.2 Å². The summed E-state index contributed by atoms with van der Waals surface area (Å²) in [6.45, 7) is 1.68. The van der Waals surface area contributed by atoms with Crippen LogP contribution in [0.2, 0.25) is 0 Å². The molecule has 1 aromatic carbocycles. The van der Waals surface area contributed by atoms with E-state index in [1.54, 1.807) is 25.1 Å². The Bertz CT molecular complexity index is 397. The molecule has 94 valence electrons. The first-order chi connectivity index (χ1) is 8.04. The Kier molecular flexibility index (Phi) is 3.38. The molecule has 1 N–H and O–H groups in total. The predicted octanol–water partition coefficient (Wildman–Crippen LogP) is 3.23. The van der Waals surface area contributed by atoms with E-state index >= 15 is 0 Å². The summed E-state index contributed by atoms with van der Waals surface area (Å²) in [5.74, 6) is 0.270. The Balaban J connectivity index is 2.24. The Morgan fingerprint density at radius 2 is 2.18 bits per heavy atom. The number of aliphatic hydroxyl groups is 1. The van der Waals surface area contributed by atoms with Gasteiger partial charge in [0.05, 0.1) is 12.7 Å². The highest BCUT2D eigenvalue weighted by molar-refractivity contribution is 5.34. The molecule has 1 aliphatic rings. The number of ether oxygens (including phenoxy) is 1. The van der Waals surface area contributed by atoms with E-state index in [2.05, 4.69) is 0 Å². The van der Waals surface area contributed by atoms with Crippen LogP contribution in [0.25, 0.3) is 0 Å². The number of halogens is 1. The molecule has 3 heteroatoms. The van der Waals surface area contributed by atoms with Gasteiger partial charge in [0.15, 0.2) is 11.6 Å². The molecular weight excluding hydrogens is 219 g/mol. The van der Waals surface area contributed by atoms with Crippen molar-refractivity contribution in [1.82, 2.24) is 0 Å². The van der Waals surface area contributed by atoms with Crippen molar-refractivity contribution in [3.8, 4) is 5.75 Å². The van der Waals surface area contributed by atoms with E-state index in [-0.39, 0.29) is 5.75 Å². The third kappa shape index (κ3) is 2.44. The zero-order chi connectivity index (χ0) is 12.5. The molecule has 1 saturated carbocycles. The molecule has 0 radical (unpaired) electrons. The van der Waals surface area contributed by atoms with Crippen molar-refractivity contribution in [2.24, 2.45) is 5.92 Å². The molecule has 0 spiro atoms. The third-order valence-electron chi connectivity index (χ3n) is 3.67. The molecule has 0 heterocycles. The second-order valence-electron chi connectivity index (χ2n) is 5.10. The highest BCUT2D eigenvalue weighted by atomic mass is 19.1. The van der Waals surface area contributed by atoms with E-state index in [0.29, 0.717) is 17.9 Å². The summed E-state index contributed by atoms with van der Waals surface area (Å²) >= 11 is 0. The van der Waals surface area contributed by atoms with Crippen LogP contribution < -0.4 is 4.74 Å². The van der Waals surface area contributed by atoms with E-state index in [0.717, 1.165) is 12.8 Å². The molecule has 0 aliphatic heterocycles. The average Bonchev–Trinajstić information content (AvgIpc) is 2.24. The van der Waals surface area contributed by atoms with Gasteiger partial charge in [0.1, 0.15) is 0 Å². The molecule has 17 heavy (non-hydrogen) atoms. The van der Waals surface area contributed by atoms with Gasteiger partial charge in [-0.25, -0.2) is 4.39 Å². The maximum atomic E-state index is 14.1. The van der Waals surface area contributed by atoms with Crippen LogP contribution in [0.1, 0.15) is 38.2 Å². The summed E-state index contributed by atoms with van der Waals surface area (Å²) < 4.78 is 19.0. The van der Waals surface area contributed by atoms with Gasteiger partial charge in [0.25, 0.3) is 0 Å². The summed E-state index contributed by atoms with van der Waals surface area (Å²) in [6, 6.07) is 4.92. The zero-order valence-corrected chi connectivity index (χ0v) is 10.4. The molecule has 0 saturated heterocycles. The van der Waals surface area contributed by atoms with Crippen LogP contribution in [0.4, 0.5) is 4.39 Å². The predicted molar refractivity (Wildman–Crippen MR) is 64.5 cm³/mol. The molecule has 1 aliphatic carbocycles. The van der Waals surface area contributed by atoms with Gasteiger partial charge in [-0.05, 0) is 25.3 Å². The van der Waals surface area contributed by atoms with Crippen molar-refractivity contribution in [3.63, 3.8) is 0 Å². The van der Waals surface area contributed by atoms with Crippen molar-refractivity contribution >= 4 is 0 Å². The van der Waals surface area contributed by atoms with Gasteiger partial charge in [-0.1, -0.05) is 31.4 Å². The second kappa shape index (κ2) is 4.65. The zero-order valence-electron chi connectivity index (χ0n) is 10.4. The molecule has 1 aromatic rings. The summed E-state index contributed by atoms with van der Waals surface area (Å²) in [4.78, 5) is 0. The third-order valence-corrected chi connectivity index (χ3v) is 3.67. The fraction of sp³-hybridized carbons (Fsp3) is 0.571. The summed E-state index contributed by atoms with van der Waals surface area (Å²) in [5, 5.41) is 10.4. The molecule has 1 atom stereocenters. The van der Waals surface area contributed by atoms with Gasteiger partial charge >= 0.3 is 0 Å². The van der Waals surface area contributed by atoms with E-state index in [4.69, 9.17) is 4.74 Å². The fourth-order valence-electron chi connectivity index (χ4n) is 2.45. The van der Waals surface area contributed by atoms with Crippen molar-refractivity contribution in [3.05, 3.63) is 29.6 Å². The Morgan fingerprint density at radius 1 is 1.47 bits per heavy atom. The van der Waals surface area contributed by atoms with Crippen LogP contribution in [0.5, 0.6) is 5.75 Å². The van der Waals surface area contributed by atoms with Crippen molar-refractivity contribution in [2.75, 3.05) is 7.11 Å². The first-order valence-corrected chi connectivity index (χ1v) is 6.10.